The number of hydrogen-bond donors (Lipinski definition) is 2. The van der Waals surface area contributed by atoms with Gasteiger partial charge in [0.15, 0.2) is 0 Å². The molecule has 0 aliphatic carbocycles. The zero-order valence-corrected chi connectivity index (χ0v) is 13.9. The Hall–Kier alpha value is -2.02. The summed E-state index contributed by atoms with van der Waals surface area (Å²) in [6, 6.07) is 1.82. The quantitative estimate of drug-likeness (QED) is 0.810. The number of H-pyrrole nitrogens is 1. The fraction of sp³-hybridized carbons (Fsp3) is 0.625. The molecule has 1 fully saturated rings. The number of aromatic nitrogens is 1. The van der Waals surface area contributed by atoms with Crippen LogP contribution in [0.1, 0.15) is 39.2 Å². The molecule has 0 spiro atoms. The van der Waals surface area contributed by atoms with Gasteiger partial charge in [-0.05, 0) is 45.2 Å². The topological polar surface area (TPSA) is 83.7 Å². The van der Waals surface area contributed by atoms with Crippen LogP contribution < -0.4 is 5.43 Å². The summed E-state index contributed by atoms with van der Waals surface area (Å²) in [5.74, 6) is -0.270. The molecule has 1 aliphatic rings. The number of nitrogens with one attached hydrogen (secondary N) is 2. The van der Waals surface area contributed by atoms with E-state index in [2.05, 4.69) is 10.4 Å². The number of carbonyl (C=O) groups is 2. The SMILES string of the molecule is CC(C)(C)OC(=O)NN1CCC[C@H]1COC(=O)Cc1cc[nH]c1. The molecule has 1 aromatic rings. The van der Waals surface area contributed by atoms with E-state index in [9.17, 15) is 9.59 Å². The first-order valence-electron chi connectivity index (χ1n) is 7.87. The molecule has 1 saturated heterocycles. The fourth-order valence-corrected chi connectivity index (χ4v) is 2.45. The van der Waals surface area contributed by atoms with Crippen molar-refractivity contribution in [1.82, 2.24) is 15.4 Å². The van der Waals surface area contributed by atoms with Crippen molar-refractivity contribution in [3.8, 4) is 0 Å². The lowest BCUT2D eigenvalue weighted by Crippen LogP contribution is -2.48. The van der Waals surface area contributed by atoms with Crippen molar-refractivity contribution in [3.63, 3.8) is 0 Å². The van der Waals surface area contributed by atoms with Crippen LogP contribution in [0.25, 0.3) is 0 Å². The maximum atomic E-state index is 11.8. The molecular weight excluding hydrogens is 298 g/mol. The number of aromatic amines is 1. The molecule has 0 saturated carbocycles. The fourth-order valence-electron chi connectivity index (χ4n) is 2.45. The monoisotopic (exact) mass is 323 g/mol. The van der Waals surface area contributed by atoms with Crippen LogP contribution in [-0.2, 0) is 20.7 Å². The molecule has 1 aromatic heterocycles. The highest BCUT2D eigenvalue weighted by atomic mass is 16.6. The first-order valence-corrected chi connectivity index (χ1v) is 7.87. The Balaban J connectivity index is 1.75. The van der Waals surface area contributed by atoms with Gasteiger partial charge >= 0.3 is 12.1 Å². The molecule has 128 valence electrons. The number of esters is 1. The van der Waals surface area contributed by atoms with Crippen molar-refractivity contribution < 1.29 is 19.1 Å². The molecule has 2 heterocycles. The maximum Gasteiger partial charge on any atom is 0.422 e. The molecule has 2 rings (SSSR count). The summed E-state index contributed by atoms with van der Waals surface area (Å²) in [7, 11) is 0. The Bertz CT molecular complexity index is 522. The van der Waals surface area contributed by atoms with Crippen LogP contribution in [0.3, 0.4) is 0 Å². The van der Waals surface area contributed by atoms with E-state index in [4.69, 9.17) is 9.47 Å². The third-order valence-electron chi connectivity index (χ3n) is 3.46. The number of hydrazine groups is 1. The van der Waals surface area contributed by atoms with E-state index in [0.29, 0.717) is 0 Å². The number of ether oxygens (including phenoxy) is 2. The van der Waals surface area contributed by atoms with Gasteiger partial charge in [-0.3, -0.25) is 10.2 Å². The van der Waals surface area contributed by atoms with Gasteiger partial charge in [-0.15, -0.1) is 0 Å². The maximum absolute atomic E-state index is 11.8. The Morgan fingerprint density at radius 1 is 1.43 bits per heavy atom. The third-order valence-corrected chi connectivity index (χ3v) is 3.46. The van der Waals surface area contributed by atoms with Crippen LogP contribution in [-0.4, -0.2) is 46.8 Å². The summed E-state index contributed by atoms with van der Waals surface area (Å²) in [5, 5.41) is 1.79. The summed E-state index contributed by atoms with van der Waals surface area (Å²) in [6.07, 6.45) is 5.11. The van der Waals surface area contributed by atoms with Gasteiger partial charge in [0.1, 0.15) is 12.2 Å². The van der Waals surface area contributed by atoms with Gasteiger partial charge in [0.2, 0.25) is 0 Å². The van der Waals surface area contributed by atoms with Gasteiger partial charge in [0.05, 0.1) is 12.5 Å². The predicted octanol–water partition coefficient (Wildman–Crippen LogP) is 2.00. The van der Waals surface area contributed by atoms with Crippen molar-refractivity contribution in [2.24, 2.45) is 0 Å². The predicted molar refractivity (Wildman–Crippen MR) is 84.6 cm³/mol. The summed E-state index contributed by atoms with van der Waals surface area (Å²) >= 11 is 0. The highest BCUT2D eigenvalue weighted by Crippen LogP contribution is 2.16. The van der Waals surface area contributed by atoms with Crippen molar-refractivity contribution in [2.75, 3.05) is 13.2 Å². The highest BCUT2D eigenvalue weighted by Gasteiger charge is 2.28. The average Bonchev–Trinajstić information content (AvgIpc) is 3.06. The first kappa shape index (κ1) is 17.3. The second kappa shape index (κ2) is 7.50. The average molecular weight is 323 g/mol. The first-order chi connectivity index (χ1) is 10.8. The van der Waals surface area contributed by atoms with Crippen molar-refractivity contribution >= 4 is 12.1 Å². The van der Waals surface area contributed by atoms with E-state index in [0.717, 1.165) is 24.9 Å². The van der Waals surface area contributed by atoms with E-state index < -0.39 is 11.7 Å². The standard InChI is InChI=1S/C16H25N3O4/c1-16(2,3)23-15(21)18-19-8-4-5-13(19)11-22-14(20)9-12-6-7-17-10-12/h6-7,10,13,17H,4-5,8-9,11H2,1-3H3,(H,18,21)/t13-/m0/s1. The zero-order chi connectivity index (χ0) is 16.9. The number of carbonyl (C=O) groups excluding carboxylic acids is 2. The molecule has 7 heteroatoms. The van der Waals surface area contributed by atoms with Crippen molar-refractivity contribution in [2.45, 2.75) is 51.7 Å². The highest BCUT2D eigenvalue weighted by molar-refractivity contribution is 5.72. The molecule has 0 aromatic carbocycles. The van der Waals surface area contributed by atoms with Crippen molar-refractivity contribution in [1.29, 1.82) is 0 Å². The lowest BCUT2D eigenvalue weighted by molar-refractivity contribution is -0.144. The lowest BCUT2D eigenvalue weighted by Gasteiger charge is -2.27. The summed E-state index contributed by atoms with van der Waals surface area (Å²) in [5.41, 5.74) is 3.08. The van der Waals surface area contributed by atoms with Gasteiger partial charge in [-0.25, -0.2) is 9.80 Å². The zero-order valence-electron chi connectivity index (χ0n) is 13.9. The minimum absolute atomic E-state index is 0.0160. The molecular formula is C16H25N3O4. The number of hydrogen-bond acceptors (Lipinski definition) is 5. The molecule has 1 amide bonds. The number of nitrogens with zero attached hydrogens (tertiary/aromatic N) is 1. The Morgan fingerprint density at radius 2 is 2.22 bits per heavy atom. The second-order valence-electron chi connectivity index (χ2n) is 6.68. The smallest absolute Gasteiger partial charge is 0.422 e. The Labute approximate surface area is 136 Å². The largest absolute Gasteiger partial charge is 0.464 e. The van der Waals surface area contributed by atoms with Gasteiger partial charge in [0.25, 0.3) is 0 Å². The van der Waals surface area contributed by atoms with E-state index in [1.54, 1.807) is 17.4 Å². The molecule has 7 nitrogen and oxygen atoms in total. The molecule has 1 aliphatic heterocycles. The Kier molecular flexibility index (Phi) is 5.65. The van der Waals surface area contributed by atoms with Crippen LogP contribution in [0.2, 0.25) is 0 Å². The van der Waals surface area contributed by atoms with Crippen LogP contribution in [0.15, 0.2) is 18.5 Å². The van der Waals surface area contributed by atoms with Gasteiger partial charge in [-0.2, -0.15) is 0 Å². The third kappa shape index (κ3) is 5.94. The van der Waals surface area contributed by atoms with Gasteiger partial charge in [-0.1, -0.05) is 0 Å². The second-order valence-corrected chi connectivity index (χ2v) is 6.68. The molecule has 2 N–H and O–H groups in total. The van der Waals surface area contributed by atoms with E-state index in [-0.39, 0.29) is 25.0 Å². The number of amides is 1. The van der Waals surface area contributed by atoms with Gasteiger partial charge < -0.3 is 14.5 Å². The van der Waals surface area contributed by atoms with E-state index >= 15 is 0 Å². The van der Waals surface area contributed by atoms with E-state index in [1.807, 2.05) is 26.8 Å². The summed E-state index contributed by atoms with van der Waals surface area (Å²) in [4.78, 5) is 26.5. The van der Waals surface area contributed by atoms with Crippen molar-refractivity contribution in [3.05, 3.63) is 24.0 Å². The summed E-state index contributed by atoms with van der Waals surface area (Å²) < 4.78 is 10.6. The summed E-state index contributed by atoms with van der Waals surface area (Å²) in [6.45, 7) is 6.43. The molecule has 1 atom stereocenters. The number of rotatable bonds is 5. The molecule has 0 unspecified atom stereocenters. The minimum Gasteiger partial charge on any atom is -0.464 e. The van der Waals surface area contributed by atoms with Crippen LogP contribution in [0.4, 0.5) is 4.79 Å². The molecule has 0 radical (unpaired) electrons. The molecule has 23 heavy (non-hydrogen) atoms. The van der Waals surface area contributed by atoms with E-state index in [1.165, 1.54) is 0 Å². The normalized spacial score (nSPS) is 18.7. The Morgan fingerprint density at radius 3 is 2.87 bits per heavy atom. The van der Waals surface area contributed by atoms with Gasteiger partial charge in [0, 0.05) is 18.9 Å². The van der Waals surface area contributed by atoms with Crippen LogP contribution in [0.5, 0.6) is 0 Å². The molecule has 0 bridgehead atoms. The lowest BCUT2D eigenvalue weighted by atomic mass is 10.2. The minimum atomic E-state index is -0.539. The van der Waals surface area contributed by atoms with Crippen LogP contribution >= 0.6 is 0 Å². The van der Waals surface area contributed by atoms with Crippen LogP contribution in [0, 0.1) is 0 Å².